The fourth-order valence-electron chi connectivity index (χ4n) is 3.24. The maximum absolute atomic E-state index is 12.6. The lowest BCUT2D eigenvalue weighted by atomic mass is 10.1. The third kappa shape index (κ3) is 3.89. The van der Waals surface area contributed by atoms with Crippen LogP contribution in [0.2, 0.25) is 0 Å². The van der Waals surface area contributed by atoms with Crippen molar-refractivity contribution in [1.29, 1.82) is 0 Å². The maximum atomic E-state index is 12.6. The van der Waals surface area contributed by atoms with Crippen LogP contribution in [0.4, 0.5) is 11.4 Å². The summed E-state index contributed by atoms with van der Waals surface area (Å²) in [6.07, 6.45) is 2.41. The van der Waals surface area contributed by atoms with Gasteiger partial charge in [-0.15, -0.1) is 0 Å². The van der Waals surface area contributed by atoms with Gasteiger partial charge in [0.2, 0.25) is 5.91 Å². The van der Waals surface area contributed by atoms with Crippen LogP contribution in [0.25, 0.3) is 11.0 Å². The molecule has 0 bridgehead atoms. The average molecular weight is 378 g/mol. The maximum Gasteiger partial charge on any atom is 0.255 e. The molecule has 1 unspecified atom stereocenters. The van der Waals surface area contributed by atoms with Crippen molar-refractivity contribution in [1.82, 2.24) is 9.97 Å². The van der Waals surface area contributed by atoms with E-state index < -0.39 is 0 Å². The Morgan fingerprint density at radius 2 is 2.04 bits per heavy atom. The Bertz CT molecular complexity index is 1020. The minimum Gasteiger partial charge on any atom is -0.370 e. The molecular weight excluding hydrogens is 356 g/mol. The first-order valence-electron chi connectivity index (χ1n) is 9.45. The molecule has 1 aliphatic heterocycles. The van der Waals surface area contributed by atoms with Crippen LogP contribution in [0.1, 0.15) is 48.5 Å². The fourth-order valence-corrected chi connectivity index (χ4v) is 3.24. The number of H-pyrrole nitrogens is 1. The molecule has 1 saturated heterocycles. The Hall–Kier alpha value is -3.19. The second-order valence-electron chi connectivity index (χ2n) is 6.79. The highest BCUT2D eigenvalue weighted by molar-refractivity contribution is 6.06. The summed E-state index contributed by atoms with van der Waals surface area (Å²) < 4.78 is 5.67. The molecule has 2 amide bonds. The zero-order valence-electron chi connectivity index (χ0n) is 15.6. The summed E-state index contributed by atoms with van der Waals surface area (Å²) in [6.45, 7) is 2.54. The summed E-state index contributed by atoms with van der Waals surface area (Å²) in [6, 6.07) is 12.4. The van der Waals surface area contributed by atoms with Gasteiger partial charge in [-0.1, -0.05) is 13.0 Å². The number of ether oxygens (including phenoxy) is 1. The zero-order valence-corrected chi connectivity index (χ0v) is 15.6. The number of fused-ring (bicyclic) bond motifs is 1. The third-order valence-corrected chi connectivity index (χ3v) is 4.72. The molecule has 0 spiro atoms. The summed E-state index contributed by atoms with van der Waals surface area (Å²) in [7, 11) is 0. The molecule has 7 heteroatoms. The molecule has 0 aliphatic carbocycles. The SMILES string of the molecule is CCC(=O)Nc1cccc(C(=O)Nc2ccc3nc(C4CCCO4)[nH]c3c2)c1. The fraction of sp³-hybridized carbons (Fsp3) is 0.286. The van der Waals surface area contributed by atoms with Crippen molar-refractivity contribution < 1.29 is 14.3 Å². The van der Waals surface area contributed by atoms with Crippen LogP contribution in [-0.4, -0.2) is 28.4 Å². The number of aromatic amines is 1. The van der Waals surface area contributed by atoms with E-state index in [2.05, 4.69) is 20.6 Å². The van der Waals surface area contributed by atoms with E-state index in [1.54, 1.807) is 31.2 Å². The first-order valence-corrected chi connectivity index (χ1v) is 9.45. The number of imidazole rings is 1. The van der Waals surface area contributed by atoms with E-state index in [-0.39, 0.29) is 17.9 Å². The first kappa shape index (κ1) is 18.2. The van der Waals surface area contributed by atoms with E-state index in [0.29, 0.717) is 23.4 Å². The van der Waals surface area contributed by atoms with E-state index in [1.165, 1.54) is 0 Å². The van der Waals surface area contributed by atoms with Crippen LogP contribution in [0, 0.1) is 0 Å². The standard InChI is InChI=1S/C21H22N4O3/c1-2-19(26)22-14-6-3-5-13(11-14)21(27)23-15-8-9-16-17(12-15)25-20(24-16)18-7-4-10-28-18/h3,5-6,8-9,11-12,18H,2,4,7,10H2,1H3,(H,22,26)(H,23,27)(H,24,25). The summed E-state index contributed by atoms with van der Waals surface area (Å²) in [5.74, 6) is 0.491. The van der Waals surface area contributed by atoms with Crippen molar-refractivity contribution in [3.63, 3.8) is 0 Å². The number of carbonyl (C=O) groups is 2. The van der Waals surface area contributed by atoms with Crippen molar-refractivity contribution in [2.75, 3.05) is 17.2 Å². The van der Waals surface area contributed by atoms with Gasteiger partial charge in [-0.2, -0.15) is 0 Å². The Kier molecular flexibility index (Phi) is 5.08. The van der Waals surface area contributed by atoms with Crippen molar-refractivity contribution in [3.8, 4) is 0 Å². The second-order valence-corrected chi connectivity index (χ2v) is 6.79. The van der Waals surface area contributed by atoms with Gasteiger partial charge in [0.25, 0.3) is 5.91 Å². The molecule has 1 atom stereocenters. The lowest BCUT2D eigenvalue weighted by Crippen LogP contribution is -2.13. The molecule has 28 heavy (non-hydrogen) atoms. The number of amides is 2. The highest BCUT2D eigenvalue weighted by atomic mass is 16.5. The summed E-state index contributed by atoms with van der Waals surface area (Å²) in [5, 5.41) is 5.65. The molecule has 0 saturated carbocycles. The van der Waals surface area contributed by atoms with E-state index in [9.17, 15) is 9.59 Å². The molecule has 3 N–H and O–H groups in total. The van der Waals surface area contributed by atoms with Crippen molar-refractivity contribution in [2.24, 2.45) is 0 Å². The number of nitrogens with zero attached hydrogens (tertiary/aromatic N) is 1. The number of hydrogen-bond donors (Lipinski definition) is 3. The normalized spacial score (nSPS) is 16.2. The monoisotopic (exact) mass is 378 g/mol. The first-order chi connectivity index (χ1) is 13.6. The molecule has 1 fully saturated rings. The number of rotatable bonds is 5. The largest absolute Gasteiger partial charge is 0.370 e. The number of anilines is 2. The van der Waals surface area contributed by atoms with Gasteiger partial charge in [-0.25, -0.2) is 4.98 Å². The molecule has 2 aromatic carbocycles. The smallest absolute Gasteiger partial charge is 0.255 e. The molecule has 4 rings (SSSR count). The van der Waals surface area contributed by atoms with Crippen LogP contribution in [-0.2, 0) is 9.53 Å². The van der Waals surface area contributed by atoms with E-state index in [0.717, 1.165) is 36.3 Å². The summed E-state index contributed by atoms with van der Waals surface area (Å²) in [4.78, 5) is 32.0. The van der Waals surface area contributed by atoms with Crippen LogP contribution >= 0.6 is 0 Å². The Morgan fingerprint density at radius 1 is 1.18 bits per heavy atom. The minimum atomic E-state index is -0.245. The number of benzene rings is 2. The Balaban J connectivity index is 1.50. The molecule has 7 nitrogen and oxygen atoms in total. The highest BCUT2D eigenvalue weighted by Crippen LogP contribution is 2.28. The van der Waals surface area contributed by atoms with Gasteiger partial charge in [0, 0.05) is 30.0 Å². The van der Waals surface area contributed by atoms with E-state index >= 15 is 0 Å². The lowest BCUT2D eigenvalue weighted by molar-refractivity contribution is -0.115. The van der Waals surface area contributed by atoms with Gasteiger partial charge in [0.15, 0.2) is 0 Å². The minimum absolute atomic E-state index is 0.0199. The van der Waals surface area contributed by atoms with Crippen LogP contribution in [0.5, 0.6) is 0 Å². The highest BCUT2D eigenvalue weighted by Gasteiger charge is 2.21. The molecule has 1 aromatic heterocycles. The van der Waals surface area contributed by atoms with Gasteiger partial charge < -0.3 is 20.4 Å². The quantitative estimate of drug-likeness (QED) is 0.625. The predicted octanol–water partition coefficient (Wildman–Crippen LogP) is 4.02. The topological polar surface area (TPSA) is 96.1 Å². The van der Waals surface area contributed by atoms with Crippen molar-refractivity contribution in [2.45, 2.75) is 32.3 Å². The molecule has 2 heterocycles. The molecule has 3 aromatic rings. The summed E-state index contributed by atoms with van der Waals surface area (Å²) in [5.41, 5.74) is 3.44. The molecule has 1 aliphatic rings. The number of carbonyl (C=O) groups excluding carboxylic acids is 2. The van der Waals surface area contributed by atoms with Crippen molar-refractivity contribution in [3.05, 3.63) is 53.9 Å². The average Bonchev–Trinajstić information content (AvgIpc) is 3.37. The summed E-state index contributed by atoms with van der Waals surface area (Å²) >= 11 is 0. The predicted molar refractivity (Wildman–Crippen MR) is 107 cm³/mol. The Labute approximate surface area is 162 Å². The molecular formula is C21H22N4O3. The third-order valence-electron chi connectivity index (χ3n) is 4.72. The van der Waals surface area contributed by atoms with E-state index in [4.69, 9.17) is 4.74 Å². The van der Waals surface area contributed by atoms with Gasteiger partial charge in [0.05, 0.1) is 11.0 Å². The van der Waals surface area contributed by atoms with Crippen molar-refractivity contribution >= 4 is 34.2 Å². The number of aromatic nitrogens is 2. The zero-order chi connectivity index (χ0) is 19.5. The van der Waals surface area contributed by atoms with Crippen LogP contribution < -0.4 is 10.6 Å². The van der Waals surface area contributed by atoms with Gasteiger partial charge >= 0.3 is 0 Å². The van der Waals surface area contributed by atoms with Gasteiger partial charge in [-0.05, 0) is 49.2 Å². The Morgan fingerprint density at radius 3 is 2.82 bits per heavy atom. The number of hydrogen-bond acceptors (Lipinski definition) is 4. The van der Waals surface area contributed by atoms with E-state index in [1.807, 2.05) is 18.2 Å². The van der Waals surface area contributed by atoms with Crippen LogP contribution in [0.3, 0.4) is 0 Å². The van der Waals surface area contributed by atoms with Gasteiger partial charge in [-0.3, -0.25) is 9.59 Å². The molecule has 0 radical (unpaired) electrons. The number of nitrogens with one attached hydrogen (secondary N) is 3. The molecule has 144 valence electrons. The lowest BCUT2D eigenvalue weighted by Gasteiger charge is -2.08. The van der Waals surface area contributed by atoms with Crippen LogP contribution in [0.15, 0.2) is 42.5 Å². The second kappa shape index (κ2) is 7.82. The van der Waals surface area contributed by atoms with Gasteiger partial charge in [0.1, 0.15) is 11.9 Å².